The number of para-hydroxylation sites is 1. The highest BCUT2D eigenvalue weighted by Crippen LogP contribution is 2.33. The van der Waals surface area contributed by atoms with Gasteiger partial charge in [0.15, 0.2) is 6.54 Å². The van der Waals surface area contributed by atoms with Crippen LogP contribution in [0.25, 0.3) is 10.9 Å². The maximum atomic E-state index is 12.7. The van der Waals surface area contributed by atoms with Crippen molar-refractivity contribution in [3.63, 3.8) is 0 Å². The summed E-state index contributed by atoms with van der Waals surface area (Å²) in [5.74, 6) is 0.149. The van der Waals surface area contributed by atoms with Gasteiger partial charge in [-0.15, -0.1) is 0 Å². The molecule has 4 rings (SSSR count). The van der Waals surface area contributed by atoms with Crippen molar-refractivity contribution in [3.8, 4) is 0 Å². The highest BCUT2D eigenvalue weighted by atomic mass is 16.2. The Morgan fingerprint density at radius 1 is 1.04 bits per heavy atom. The molecule has 1 fully saturated rings. The Bertz CT molecular complexity index is 750. The second-order valence-electron chi connectivity index (χ2n) is 7.17. The number of likely N-dealkylation sites (tertiary alicyclic amines) is 1. The van der Waals surface area contributed by atoms with Gasteiger partial charge in [-0.25, -0.2) is 0 Å². The molecule has 24 heavy (non-hydrogen) atoms. The zero-order chi connectivity index (χ0) is 16.4. The molecule has 0 spiro atoms. The third kappa shape index (κ3) is 3.16. The lowest BCUT2D eigenvalue weighted by Crippen LogP contribution is -3.13. The molecular formula is C20H26N3O+. The molecule has 0 saturated carbocycles. The number of pyridine rings is 1. The predicted molar refractivity (Wildman–Crippen MR) is 96.4 cm³/mol. The van der Waals surface area contributed by atoms with Crippen LogP contribution >= 0.6 is 0 Å². The van der Waals surface area contributed by atoms with Crippen LogP contribution in [0.4, 0.5) is 5.69 Å². The minimum absolute atomic E-state index is 0.149. The van der Waals surface area contributed by atoms with E-state index in [2.05, 4.69) is 17.4 Å². The number of anilines is 1. The number of carbonyl (C=O) groups excluding carboxylic acids is 1. The number of aromatic nitrogens is 1. The first-order chi connectivity index (χ1) is 11.8. The molecule has 4 nitrogen and oxygen atoms in total. The minimum Gasteiger partial charge on any atom is -0.327 e. The number of hydrogen-bond donors (Lipinski definition) is 2. The summed E-state index contributed by atoms with van der Waals surface area (Å²) in [4.78, 5) is 18.9. The molecule has 1 aliphatic carbocycles. The SMILES string of the molecule is O=C(C[NH+]1CCCCC1)Nc1c2c(nc3ccccc13)CCCC2. The first kappa shape index (κ1) is 15.6. The van der Waals surface area contributed by atoms with Crippen molar-refractivity contribution in [2.45, 2.75) is 44.9 Å². The summed E-state index contributed by atoms with van der Waals surface area (Å²) in [7, 11) is 0. The van der Waals surface area contributed by atoms with Crippen LogP contribution in [0.1, 0.15) is 43.4 Å². The van der Waals surface area contributed by atoms with Gasteiger partial charge in [-0.3, -0.25) is 9.78 Å². The number of carbonyl (C=O) groups is 1. The number of fused-ring (bicyclic) bond motifs is 2. The average Bonchev–Trinajstić information content (AvgIpc) is 2.62. The Kier molecular flexibility index (Phi) is 4.48. The molecule has 2 aromatic rings. The van der Waals surface area contributed by atoms with Gasteiger partial charge in [-0.2, -0.15) is 0 Å². The fourth-order valence-corrected chi connectivity index (χ4v) is 4.15. The maximum Gasteiger partial charge on any atom is 0.279 e. The van der Waals surface area contributed by atoms with Crippen molar-refractivity contribution < 1.29 is 9.69 Å². The van der Waals surface area contributed by atoms with Gasteiger partial charge in [-0.1, -0.05) is 18.2 Å². The van der Waals surface area contributed by atoms with Crippen LogP contribution in [0.2, 0.25) is 0 Å². The topological polar surface area (TPSA) is 46.4 Å². The second-order valence-corrected chi connectivity index (χ2v) is 7.17. The Balaban J connectivity index is 1.63. The lowest BCUT2D eigenvalue weighted by Gasteiger charge is -2.24. The van der Waals surface area contributed by atoms with E-state index in [-0.39, 0.29) is 5.91 Å². The zero-order valence-electron chi connectivity index (χ0n) is 14.2. The monoisotopic (exact) mass is 324 g/mol. The molecule has 0 bridgehead atoms. The van der Waals surface area contributed by atoms with Crippen LogP contribution in [0.15, 0.2) is 24.3 Å². The van der Waals surface area contributed by atoms with Gasteiger partial charge in [0.2, 0.25) is 0 Å². The van der Waals surface area contributed by atoms with Crippen LogP contribution in [0.5, 0.6) is 0 Å². The molecule has 126 valence electrons. The van der Waals surface area contributed by atoms with Crippen molar-refractivity contribution in [1.29, 1.82) is 0 Å². The van der Waals surface area contributed by atoms with Crippen LogP contribution in [-0.2, 0) is 17.6 Å². The van der Waals surface area contributed by atoms with E-state index >= 15 is 0 Å². The van der Waals surface area contributed by atoms with Crippen molar-refractivity contribution in [1.82, 2.24) is 4.98 Å². The van der Waals surface area contributed by atoms with Gasteiger partial charge < -0.3 is 10.2 Å². The van der Waals surface area contributed by atoms with E-state index in [9.17, 15) is 4.79 Å². The first-order valence-corrected chi connectivity index (χ1v) is 9.35. The first-order valence-electron chi connectivity index (χ1n) is 9.35. The van der Waals surface area contributed by atoms with Crippen molar-refractivity contribution in [2.75, 3.05) is 25.0 Å². The lowest BCUT2D eigenvalue weighted by atomic mass is 9.92. The fraction of sp³-hybridized carbons (Fsp3) is 0.500. The molecule has 0 unspecified atom stereocenters. The quantitative estimate of drug-likeness (QED) is 0.908. The van der Waals surface area contributed by atoms with Gasteiger partial charge in [0.05, 0.1) is 24.3 Å². The summed E-state index contributed by atoms with van der Waals surface area (Å²) in [6, 6.07) is 8.19. The molecule has 1 aromatic heterocycles. The number of benzene rings is 1. The van der Waals surface area contributed by atoms with E-state index in [4.69, 9.17) is 4.98 Å². The second kappa shape index (κ2) is 6.89. The van der Waals surface area contributed by atoms with Crippen LogP contribution in [-0.4, -0.2) is 30.5 Å². The molecule has 1 saturated heterocycles. The van der Waals surface area contributed by atoms with E-state index < -0.39 is 0 Å². The van der Waals surface area contributed by atoms with Crippen LogP contribution < -0.4 is 10.2 Å². The summed E-state index contributed by atoms with van der Waals surface area (Å²) < 4.78 is 0. The highest BCUT2D eigenvalue weighted by Gasteiger charge is 2.22. The molecule has 4 heteroatoms. The number of amides is 1. The molecular weight excluding hydrogens is 298 g/mol. The van der Waals surface area contributed by atoms with Crippen molar-refractivity contribution >= 4 is 22.5 Å². The fourth-order valence-electron chi connectivity index (χ4n) is 4.15. The molecule has 0 radical (unpaired) electrons. The minimum atomic E-state index is 0.149. The van der Waals surface area contributed by atoms with Gasteiger partial charge in [-0.05, 0) is 56.6 Å². The van der Waals surface area contributed by atoms with Crippen molar-refractivity contribution in [2.24, 2.45) is 0 Å². The summed E-state index contributed by atoms with van der Waals surface area (Å²) >= 11 is 0. The molecule has 1 aliphatic heterocycles. The Morgan fingerprint density at radius 2 is 1.83 bits per heavy atom. The molecule has 2 aliphatic rings. The number of nitrogens with zero attached hydrogens (tertiary/aromatic N) is 1. The number of nitrogens with one attached hydrogen (secondary N) is 2. The van der Waals surface area contributed by atoms with E-state index in [1.54, 1.807) is 0 Å². The average molecular weight is 324 g/mol. The normalized spacial score (nSPS) is 18.3. The predicted octanol–water partition coefficient (Wildman–Crippen LogP) is 2.12. The van der Waals surface area contributed by atoms with Gasteiger partial charge in [0, 0.05) is 11.1 Å². The molecule has 1 amide bonds. The van der Waals surface area contributed by atoms with Gasteiger partial charge >= 0.3 is 0 Å². The summed E-state index contributed by atoms with van der Waals surface area (Å²) in [5, 5.41) is 4.34. The summed E-state index contributed by atoms with van der Waals surface area (Å²) in [6.45, 7) is 2.84. The lowest BCUT2D eigenvalue weighted by molar-refractivity contribution is -0.896. The largest absolute Gasteiger partial charge is 0.327 e. The van der Waals surface area contributed by atoms with Crippen LogP contribution in [0.3, 0.4) is 0 Å². The zero-order valence-corrected chi connectivity index (χ0v) is 14.2. The molecule has 2 N–H and O–H groups in total. The van der Waals surface area contributed by atoms with Gasteiger partial charge in [0.1, 0.15) is 0 Å². The number of hydrogen-bond acceptors (Lipinski definition) is 2. The Hall–Kier alpha value is -1.94. The third-order valence-electron chi connectivity index (χ3n) is 5.40. The smallest absolute Gasteiger partial charge is 0.279 e. The van der Waals surface area contributed by atoms with E-state index in [1.165, 1.54) is 48.3 Å². The van der Waals surface area contributed by atoms with E-state index in [1.807, 2.05) is 12.1 Å². The van der Waals surface area contributed by atoms with Gasteiger partial charge in [0.25, 0.3) is 5.91 Å². The Morgan fingerprint density at radius 3 is 2.71 bits per heavy atom. The number of aryl methyl sites for hydroxylation is 1. The molecule has 1 aromatic carbocycles. The standard InChI is InChI=1S/C20H25N3O/c24-19(14-23-12-6-1-7-13-23)22-20-15-8-2-4-10-17(15)21-18-11-5-3-9-16(18)20/h2,4,8,10H,1,3,5-7,9,11-14H2,(H,21,22,24)/p+1. The summed E-state index contributed by atoms with van der Waals surface area (Å²) in [6.07, 6.45) is 8.25. The van der Waals surface area contributed by atoms with E-state index in [0.29, 0.717) is 6.54 Å². The number of quaternary nitrogens is 1. The van der Waals surface area contributed by atoms with E-state index in [0.717, 1.165) is 42.5 Å². The highest BCUT2D eigenvalue weighted by molar-refractivity contribution is 6.02. The Labute approximate surface area is 143 Å². The number of rotatable bonds is 3. The third-order valence-corrected chi connectivity index (χ3v) is 5.40. The van der Waals surface area contributed by atoms with Crippen LogP contribution in [0, 0.1) is 0 Å². The number of piperidine rings is 1. The summed E-state index contributed by atoms with van der Waals surface area (Å²) in [5.41, 5.74) is 4.47. The van der Waals surface area contributed by atoms with Crippen molar-refractivity contribution in [3.05, 3.63) is 35.5 Å². The molecule has 0 atom stereocenters. The maximum absolute atomic E-state index is 12.7. The molecule has 2 heterocycles.